The van der Waals surface area contributed by atoms with Crippen LogP contribution in [0.3, 0.4) is 0 Å². The summed E-state index contributed by atoms with van der Waals surface area (Å²) in [5.41, 5.74) is 1.64. The van der Waals surface area contributed by atoms with Gasteiger partial charge in [0, 0.05) is 36.1 Å². The number of aromatic hydroxyl groups is 2. The van der Waals surface area contributed by atoms with Crippen LogP contribution in [0.15, 0.2) is 34.7 Å². The van der Waals surface area contributed by atoms with Gasteiger partial charge in [0.1, 0.15) is 11.3 Å². The summed E-state index contributed by atoms with van der Waals surface area (Å²) in [6.07, 6.45) is 0.0690. The second-order valence-corrected chi connectivity index (χ2v) is 7.87. The average Bonchev–Trinajstić information content (AvgIpc) is 3.11. The Morgan fingerprint density at radius 2 is 1.88 bits per heavy atom. The Morgan fingerprint density at radius 3 is 2.53 bits per heavy atom. The molecule has 166 valence electrons. The molecule has 8 heteroatoms. The summed E-state index contributed by atoms with van der Waals surface area (Å²) in [6, 6.07) is 7.68. The number of furan rings is 1. The third-order valence-corrected chi connectivity index (χ3v) is 5.77. The van der Waals surface area contributed by atoms with Crippen molar-refractivity contribution in [3.05, 3.63) is 52.8 Å². The van der Waals surface area contributed by atoms with Crippen molar-refractivity contribution in [2.45, 2.75) is 26.2 Å². The average molecular weight is 438 g/mol. The van der Waals surface area contributed by atoms with E-state index in [9.17, 15) is 24.6 Å². The highest BCUT2D eigenvalue weighted by molar-refractivity contribution is 6.06. The molecule has 1 aliphatic rings. The van der Waals surface area contributed by atoms with Gasteiger partial charge in [-0.25, -0.2) is 0 Å². The van der Waals surface area contributed by atoms with Crippen LogP contribution in [0.5, 0.6) is 17.2 Å². The number of hydrogen-bond acceptors (Lipinski definition) is 8. The van der Waals surface area contributed by atoms with Gasteiger partial charge in [-0.15, -0.1) is 0 Å². The maximum atomic E-state index is 12.9. The minimum Gasteiger partial charge on any atom is -0.507 e. The molecule has 0 unspecified atom stereocenters. The van der Waals surface area contributed by atoms with E-state index in [2.05, 4.69) is 0 Å². The van der Waals surface area contributed by atoms with E-state index in [0.29, 0.717) is 22.1 Å². The quantitative estimate of drug-likeness (QED) is 0.453. The molecule has 0 aliphatic heterocycles. The Kier molecular flexibility index (Phi) is 5.38. The van der Waals surface area contributed by atoms with E-state index in [4.69, 9.17) is 13.9 Å². The molecule has 0 amide bonds. The van der Waals surface area contributed by atoms with Crippen molar-refractivity contribution >= 4 is 28.5 Å². The predicted molar refractivity (Wildman–Crippen MR) is 113 cm³/mol. The van der Waals surface area contributed by atoms with Gasteiger partial charge in [-0.3, -0.25) is 14.4 Å². The van der Waals surface area contributed by atoms with Gasteiger partial charge >= 0.3 is 5.97 Å². The third-order valence-electron chi connectivity index (χ3n) is 5.77. The number of ketones is 2. The number of rotatable bonds is 5. The molecule has 0 radical (unpaired) electrons. The SMILES string of the molecule is COc1cc([C@@H]2c3c(oc4cc(C(C)=O)c(O)cc34)C(=O)C[C@H]2COC(C)=O)ccc1O. The maximum Gasteiger partial charge on any atom is 0.302 e. The number of phenolic OH excluding ortho intramolecular Hbond substituents is 2. The number of methoxy groups -OCH3 is 1. The van der Waals surface area contributed by atoms with Crippen molar-refractivity contribution < 1.29 is 38.5 Å². The summed E-state index contributed by atoms with van der Waals surface area (Å²) in [7, 11) is 1.43. The Bertz CT molecular complexity index is 1250. The third kappa shape index (κ3) is 3.57. The molecule has 0 spiro atoms. The molecule has 0 saturated heterocycles. The molecular formula is C24H22O8. The molecule has 1 aliphatic carbocycles. The zero-order valence-electron chi connectivity index (χ0n) is 17.8. The molecule has 3 aromatic rings. The van der Waals surface area contributed by atoms with E-state index >= 15 is 0 Å². The predicted octanol–water partition coefficient (Wildman–Crippen LogP) is 3.95. The summed E-state index contributed by atoms with van der Waals surface area (Å²) in [5, 5.41) is 20.9. The molecule has 4 rings (SSSR count). The Morgan fingerprint density at radius 1 is 1.12 bits per heavy atom. The van der Waals surface area contributed by atoms with Crippen LogP contribution in [-0.2, 0) is 9.53 Å². The fraction of sp³-hybridized carbons (Fsp3) is 0.292. The van der Waals surface area contributed by atoms with Crippen molar-refractivity contribution in [2.24, 2.45) is 5.92 Å². The van der Waals surface area contributed by atoms with E-state index in [1.54, 1.807) is 12.1 Å². The van der Waals surface area contributed by atoms with Gasteiger partial charge in [0.2, 0.25) is 0 Å². The molecule has 2 N–H and O–H groups in total. The molecule has 2 aromatic carbocycles. The molecule has 8 nitrogen and oxygen atoms in total. The first-order valence-electron chi connectivity index (χ1n) is 10.0. The summed E-state index contributed by atoms with van der Waals surface area (Å²) in [5.74, 6) is -1.81. The number of fused-ring (bicyclic) bond motifs is 3. The lowest BCUT2D eigenvalue weighted by Crippen LogP contribution is -2.29. The lowest BCUT2D eigenvalue weighted by molar-refractivity contribution is -0.142. The number of ether oxygens (including phenoxy) is 2. The summed E-state index contributed by atoms with van der Waals surface area (Å²) in [6.45, 7) is 2.62. The first kappa shape index (κ1) is 21.4. The van der Waals surface area contributed by atoms with E-state index in [1.807, 2.05) is 0 Å². The maximum absolute atomic E-state index is 12.9. The van der Waals surface area contributed by atoms with Crippen LogP contribution in [0.1, 0.15) is 58.2 Å². The normalized spacial score (nSPS) is 17.8. The van der Waals surface area contributed by atoms with Crippen molar-refractivity contribution in [3.8, 4) is 17.2 Å². The number of phenols is 2. The van der Waals surface area contributed by atoms with E-state index in [0.717, 1.165) is 0 Å². The second-order valence-electron chi connectivity index (χ2n) is 7.87. The minimum absolute atomic E-state index is 0.00143. The molecule has 0 saturated carbocycles. The molecular weight excluding hydrogens is 416 g/mol. The van der Waals surface area contributed by atoms with Crippen molar-refractivity contribution in [2.75, 3.05) is 13.7 Å². The van der Waals surface area contributed by atoms with Gasteiger partial charge < -0.3 is 24.1 Å². The van der Waals surface area contributed by atoms with Crippen molar-refractivity contribution in [1.29, 1.82) is 0 Å². The molecule has 32 heavy (non-hydrogen) atoms. The highest BCUT2D eigenvalue weighted by Gasteiger charge is 2.40. The first-order chi connectivity index (χ1) is 15.2. The monoisotopic (exact) mass is 438 g/mol. The van der Waals surface area contributed by atoms with Crippen LogP contribution in [0.4, 0.5) is 0 Å². The second kappa shape index (κ2) is 8.03. The summed E-state index contributed by atoms with van der Waals surface area (Å²) in [4.78, 5) is 36.3. The number of hydrogen-bond donors (Lipinski definition) is 2. The molecule has 0 fully saturated rings. The van der Waals surface area contributed by atoms with Crippen LogP contribution < -0.4 is 4.74 Å². The molecule has 1 heterocycles. The number of benzene rings is 2. The van der Waals surface area contributed by atoms with Gasteiger partial charge in [-0.05, 0) is 36.8 Å². The lowest BCUT2D eigenvalue weighted by atomic mass is 9.73. The smallest absolute Gasteiger partial charge is 0.302 e. The highest BCUT2D eigenvalue weighted by Crippen LogP contribution is 2.48. The number of esters is 1. The van der Waals surface area contributed by atoms with E-state index in [1.165, 1.54) is 39.2 Å². The molecule has 1 aromatic heterocycles. The van der Waals surface area contributed by atoms with Gasteiger partial charge in [-0.1, -0.05) is 6.07 Å². The van der Waals surface area contributed by atoms with Crippen LogP contribution in [0, 0.1) is 5.92 Å². The largest absolute Gasteiger partial charge is 0.507 e. The molecule has 0 bridgehead atoms. The van der Waals surface area contributed by atoms with Gasteiger partial charge in [0.05, 0.1) is 19.3 Å². The Hall–Kier alpha value is -3.81. The highest BCUT2D eigenvalue weighted by atomic mass is 16.5. The Balaban J connectivity index is 1.96. The number of carbonyl (C=O) groups excluding carboxylic acids is 3. The van der Waals surface area contributed by atoms with E-state index in [-0.39, 0.29) is 53.2 Å². The summed E-state index contributed by atoms with van der Waals surface area (Å²) >= 11 is 0. The topological polar surface area (TPSA) is 123 Å². The van der Waals surface area contributed by atoms with Gasteiger partial charge in [-0.2, -0.15) is 0 Å². The lowest BCUT2D eigenvalue weighted by Gasteiger charge is -2.31. The first-order valence-corrected chi connectivity index (χ1v) is 10.0. The van der Waals surface area contributed by atoms with Gasteiger partial charge in [0.25, 0.3) is 0 Å². The zero-order chi connectivity index (χ0) is 23.2. The Labute approximate surface area is 183 Å². The fourth-order valence-electron chi connectivity index (χ4n) is 4.34. The van der Waals surface area contributed by atoms with Crippen LogP contribution in [-0.4, -0.2) is 41.5 Å². The van der Waals surface area contributed by atoms with Crippen molar-refractivity contribution in [1.82, 2.24) is 0 Å². The minimum atomic E-state index is -0.467. The molecule has 2 atom stereocenters. The standard InChI is InChI=1S/C24H22O8/c1-11(25)15-9-20-16(8-18(15)28)23-22(13-4-5-17(27)21(7-13)30-3)14(10-31-12(2)26)6-19(29)24(23)32-20/h4-5,7-9,14,22,27-28H,6,10H2,1-3H3/t14-,22-/m0/s1. The summed E-state index contributed by atoms with van der Waals surface area (Å²) < 4.78 is 16.3. The van der Waals surface area contributed by atoms with Crippen molar-refractivity contribution in [3.63, 3.8) is 0 Å². The zero-order valence-corrected chi connectivity index (χ0v) is 17.8. The number of carbonyl (C=O) groups is 3. The van der Waals surface area contributed by atoms with Crippen LogP contribution in [0.25, 0.3) is 11.0 Å². The van der Waals surface area contributed by atoms with E-state index < -0.39 is 17.8 Å². The van der Waals surface area contributed by atoms with Crippen LogP contribution >= 0.6 is 0 Å². The number of Topliss-reactive ketones (excluding diaryl/α,β-unsaturated/α-hetero) is 2. The van der Waals surface area contributed by atoms with Crippen LogP contribution in [0.2, 0.25) is 0 Å². The fourth-order valence-corrected chi connectivity index (χ4v) is 4.34. The van der Waals surface area contributed by atoms with Gasteiger partial charge in [0.15, 0.2) is 28.8 Å².